The van der Waals surface area contributed by atoms with Crippen LogP contribution in [0.25, 0.3) is 0 Å². The Kier molecular flexibility index (Phi) is 12.5. The van der Waals surface area contributed by atoms with Crippen LogP contribution in [0.15, 0.2) is 49.1 Å². The molecule has 19 heavy (non-hydrogen) atoms. The van der Waals surface area contributed by atoms with E-state index in [-0.39, 0.29) is 12.8 Å². The molecule has 0 spiro atoms. The molecule has 106 valence electrons. The monoisotopic (exact) mass is 266 g/mol. The first-order chi connectivity index (χ1) is 8.88. The van der Waals surface area contributed by atoms with Gasteiger partial charge in [0.15, 0.2) is 0 Å². The zero-order chi connectivity index (χ0) is 15.3. The lowest BCUT2D eigenvalue weighted by molar-refractivity contribution is -0.139. The molecule has 4 nitrogen and oxygen atoms in total. The van der Waals surface area contributed by atoms with Gasteiger partial charge in [-0.2, -0.15) is 0 Å². The largest absolute Gasteiger partial charge is 0.481 e. The SMILES string of the molecule is C=CC(C)=C(C=C)C=C.O=C(O)CCCCC(=O)O. The molecule has 0 aromatic carbocycles. The molecule has 0 rings (SSSR count). The number of carboxylic acid groups (broad SMARTS) is 2. The lowest BCUT2D eigenvalue weighted by Crippen LogP contribution is -1.97. The molecule has 0 bridgehead atoms. The third-order valence-electron chi connectivity index (χ3n) is 2.23. The molecular weight excluding hydrogens is 244 g/mol. The summed E-state index contributed by atoms with van der Waals surface area (Å²) in [5, 5.41) is 16.3. The van der Waals surface area contributed by atoms with E-state index in [9.17, 15) is 9.59 Å². The lowest BCUT2D eigenvalue weighted by Gasteiger charge is -1.94. The molecule has 0 saturated carbocycles. The third-order valence-corrected chi connectivity index (χ3v) is 2.23. The van der Waals surface area contributed by atoms with Crippen LogP contribution in [0.4, 0.5) is 0 Å². The van der Waals surface area contributed by atoms with Crippen molar-refractivity contribution in [1.29, 1.82) is 0 Å². The van der Waals surface area contributed by atoms with Gasteiger partial charge in [-0.25, -0.2) is 0 Å². The van der Waals surface area contributed by atoms with E-state index in [2.05, 4.69) is 19.7 Å². The predicted molar refractivity (Wildman–Crippen MR) is 77.0 cm³/mol. The van der Waals surface area contributed by atoms with E-state index in [1.54, 1.807) is 18.2 Å². The summed E-state index contributed by atoms with van der Waals surface area (Å²) in [4.78, 5) is 19.8. The molecule has 0 aliphatic heterocycles. The van der Waals surface area contributed by atoms with Crippen molar-refractivity contribution in [2.75, 3.05) is 0 Å². The maximum absolute atomic E-state index is 9.90. The highest BCUT2D eigenvalue weighted by atomic mass is 16.4. The molecule has 0 fully saturated rings. The minimum absolute atomic E-state index is 0.0628. The van der Waals surface area contributed by atoms with Gasteiger partial charge in [0.05, 0.1) is 0 Å². The van der Waals surface area contributed by atoms with Crippen LogP contribution in [0.1, 0.15) is 32.6 Å². The summed E-state index contributed by atoms with van der Waals surface area (Å²) in [7, 11) is 0. The fraction of sp³-hybridized carbons (Fsp3) is 0.333. The molecule has 0 aliphatic carbocycles. The Morgan fingerprint density at radius 1 is 0.895 bits per heavy atom. The average Bonchev–Trinajstić information content (AvgIpc) is 2.36. The van der Waals surface area contributed by atoms with Gasteiger partial charge in [0.25, 0.3) is 0 Å². The second-order valence-electron chi connectivity index (χ2n) is 3.75. The Morgan fingerprint density at radius 3 is 1.42 bits per heavy atom. The topological polar surface area (TPSA) is 74.6 Å². The Hall–Kier alpha value is -2.10. The van der Waals surface area contributed by atoms with Crippen LogP contribution in [-0.4, -0.2) is 22.2 Å². The smallest absolute Gasteiger partial charge is 0.303 e. The van der Waals surface area contributed by atoms with Crippen molar-refractivity contribution in [1.82, 2.24) is 0 Å². The van der Waals surface area contributed by atoms with E-state index in [4.69, 9.17) is 10.2 Å². The van der Waals surface area contributed by atoms with E-state index in [0.717, 1.165) is 11.1 Å². The maximum atomic E-state index is 9.90. The first-order valence-corrected chi connectivity index (χ1v) is 5.90. The average molecular weight is 266 g/mol. The van der Waals surface area contributed by atoms with Gasteiger partial charge < -0.3 is 10.2 Å². The summed E-state index contributed by atoms with van der Waals surface area (Å²) >= 11 is 0. The first-order valence-electron chi connectivity index (χ1n) is 5.90. The van der Waals surface area contributed by atoms with Crippen LogP contribution in [0, 0.1) is 0 Å². The highest BCUT2D eigenvalue weighted by Gasteiger charge is 1.99. The molecule has 0 aliphatic rings. The second-order valence-corrected chi connectivity index (χ2v) is 3.75. The van der Waals surface area contributed by atoms with Crippen LogP contribution in [0.5, 0.6) is 0 Å². The predicted octanol–water partition coefficient (Wildman–Crippen LogP) is 3.58. The fourth-order valence-corrected chi connectivity index (χ4v) is 1.08. The van der Waals surface area contributed by atoms with Crippen LogP contribution >= 0.6 is 0 Å². The van der Waals surface area contributed by atoms with E-state index >= 15 is 0 Å². The van der Waals surface area contributed by atoms with Gasteiger partial charge in [-0.3, -0.25) is 9.59 Å². The van der Waals surface area contributed by atoms with Gasteiger partial charge in [-0.1, -0.05) is 38.0 Å². The molecule has 0 amide bonds. The molecule has 0 heterocycles. The quantitative estimate of drug-likeness (QED) is 0.520. The van der Waals surface area contributed by atoms with Gasteiger partial charge in [0.2, 0.25) is 0 Å². The number of rotatable bonds is 8. The Bertz CT molecular complexity index is 338. The zero-order valence-electron chi connectivity index (χ0n) is 11.4. The first kappa shape index (κ1) is 19.2. The van der Waals surface area contributed by atoms with Crippen molar-refractivity contribution in [3.8, 4) is 0 Å². The molecule has 0 aromatic heterocycles. The summed E-state index contributed by atoms with van der Waals surface area (Å²) in [6, 6.07) is 0. The van der Waals surface area contributed by atoms with E-state index < -0.39 is 11.9 Å². The van der Waals surface area contributed by atoms with Gasteiger partial charge in [0, 0.05) is 12.8 Å². The lowest BCUT2D eigenvalue weighted by atomic mass is 10.1. The van der Waals surface area contributed by atoms with Crippen LogP contribution in [0.3, 0.4) is 0 Å². The van der Waals surface area contributed by atoms with Gasteiger partial charge in [-0.05, 0) is 30.9 Å². The zero-order valence-corrected chi connectivity index (χ0v) is 11.4. The molecule has 0 unspecified atom stereocenters. The molecular formula is C15H22O4. The molecule has 0 radical (unpaired) electrons. The fourth-order valence-electron chi connectivity index (χ4n) is 1.08. The number of unbranched alkanes of at least 4 members (excludes halogenated alkanes) is 1. The third kappa shape index (κ3) is 13.8. The summed E-state index contributed by atoms with van der Waals surface area (Å²) < 4.78 is 0. The van der Waals surface area contributed by atoms with Crippen molar-refractivity contribution in [3.05, 3.63) is 49.1 Å². The minimum Gasteiger partial charge on any atom is -0.481 e. The summed E-state index contributed by atoms with van der Waals surface area (Å²) in [6.45, 7) is 12.8. The highest BCUT2D eigenvalue weighted by molar-refractivity contribution is 5.67. The molecule has 2 N–H and O–H groups in total. The van der Waals surface area contributed by atoms with Crippen molar-refractivity contribution in [2.45, 2.75) is 32.6 Å². The number of carboxylic acids is 2. The molecule has 0 atom stereocenters. The number of aliphatic carboxylic acids is 2. The molecule has 4 heteroatoms. The molecule has 0 saturated heterocycles. The van der Waals surface area contributed by atoms with Gasteiger partial charge in [-0.15, -0.1) is 0 Å². The van der Waals surface area contributed by atoms with Crippen LogP contribution in [0.2, 0.25) is 0 Å². The Balaban J connectivity index is 0. The maximum Gasteiger partial charge on any atom is 0.303 e. The number of hydrogen-bond donors (Lipinski definition) is 2. The van der Waals surface area contributed by atoms with Gasteiger partial charge >= 0.3 is 11.9 Å². The van der Waals surface area contributed by atoms with Crippen LogP contribution in [-0.2, 0) is 9.59 Å². The van der Waals surface area contributed by atoms with Gasteiger partial charge in [0.1, 0.15) is 0 Å². The molecule has 0 aromatic rings. The Labute approximate surface area is 114 Å². The summed E-state index contributed by atoms with van der Waals surface area (Å²) in [5.41, 5.74) is 2.16. The summed E-state index contributed by atoms with van der Waals surface area (Å²) in [6.07, 6.45) is 6.34. The standard InChI is InChI=1S/C9H12.C6H10O4/c1-5-8(4)9(6-2)7-3;7-5(8)3-1-2-4-6(9)10/h5-7H,1-3H2,4H3;1-4H2,(H,7,8)(H,9,10). The second kappa shape index (κ2) is 12.4. The Morgan fingerprint density at radius 2 is 1.26 bits per heavy atom. The summed E-state index contributed by atoms with van der Waals surface area (Å²) in [5.74, 6) is -1.74. The van der Waals surface area contributed by atoms with Crippen molar-refractivity contribution < 1.29 is 19.8 Å². The van der Waals surface area contributed by atoms with E-state index in [1.807, 2.05) is 6.92 Å². The number of allylic oxidation sites excluding steroid dienone is 5. The number of hydrogen-bond acceptors (Lipinski definition) is 2. The van der Waals surface area contributed by atoms with Crippen molar-refractivity contribution in [3.63, 3.8) is 0 Å². The van der Waals surface area contributed by atoms with E-state index in [0.29, 0.717) is 12.8 Å². The van der Waals surface area contributed by atoms with Crippen LogP contribution < -0.4 is 0 Å². The van der Waals surface area contributed by atoms with Crippen molar-refractivity contribution in [2.24, 2.45) is 0 Å². The van der Waals surface area contributed by atoms with Crippen molar-refractivity contribution >= 4 is 11.9 Å². The number of carbonyl (C=O) groups is 2. The minimum atomic E-state index is -0.870. The highest BCUT2D eigenvalue weighted by Crippen LogP contribution is 2.05. The normalized spacial score (nSPS) is 8.47. The van der Waals surface area contributed by atoms with E-state index in [1.165, 1.54) is 0 Å².